The van der Waals surface area contributed by atoms with Gasteiger partial charge < -0.3 is 14.6 Å². The van der Waals surface area contributed by atoms with Crippen LogP contribution in [0.4, 0.5) is 0 Å². The first-order valence-corrected chi connectivity index (χ1v) is 6.59. The Hall–Kier alpha value is -1.36. The number of oxazole rings is 1. The molecule has 0 aromatic carbocycles. The van der Waals surface area contributed by atoms with E-state index in [0.29, 0.717) is 17.3 Å². The molecule has 18 heavy (non-hydrogen) atoms. The second kappa shape index (κ2) is 5.52. The van der Waals surface area contributed by atoms with Crippen molar-refractivity contribution in [3.05, 3.63) is 17.3 Å². The first-order valence-electron chi connectivity index (χ1n) is 6.59. The van der Waals surface area contributed by atoms with Crippen LogP contribution < -0.4 is 5.32 Å². The lowest BCUT2D eigenvalue weighted by molar-refractivity contribution is 0.0657. The summed E-state index contributed by atoms with van der Waals surface area (Å²) in [6.45, 7) is 8.29. The van der Waals surface area contributed by atoms with Gasteiger partial charge in [0.25, 0.3) is 5.91 Å². The summed E-state index contributed by atoms with van der Waals surface area (Å²) in [4.78, 5) is 18.6. The molecule has 1 N–H and O–H groups in total. The van der Waals surface area contributed by atoms with Gasteiger partial charge in [0.1, 0.15) is 0 Å². The fourth-order valence-electron chi connectivity index (χ4n) is 2.46. The van der Waals surface area contributed by atoms with E-state index in [9.17, 15) is 4.79 Å². The SMILES string of the molecule is CCCN(C(=O)c1oc(C)nc1C)[C@H]1CCNC1. The summed E-state index contributed by atoms with van der Waals surface area (Å²) in [5.74, 6) is 0.924. The number of nitrogens with zero attached hydrogens (tertiary/aromatic N) is 2. The van der Waals surface area contributed by atoms with Crippen molar-refractivity contribution in [3.8, 4) is 0 Å². The smallest absolute Gasteiger partial charge is 0.291 e. The standard InChI is InChI=1S/C13H21N3O2/c1-4-7-16(11-5-6-14-8-11)13(17)12-9(2)15-10(3)18-12/h11,14H,4-8H2,1-3H3/t11-/m0/s1. The van der Waals surface area contributed by atoms with Crippen LogP contribution in [0.5, 0.6) is 0 Å². The predicted molar refractivity (Wildman–Crippen MR) is 68.6 cm³/mol. The van der Waals surface area contributed by atoms with Gasteiger partial charge in [-0.2, -0.15) is 0 Å². The first kappa shape index (κ1) is 13.1. The Balaban J connectivity index is 2.19. The molecule has 1 aromatic rings. The molecule has 1 saturated heterocycles. The number of aryl methyl sites for hydroxylation is 2. The van der Waals surface area contributed by atoms with E-state index in [1.807, 2.05) is 11.8 Å². The molecule has 1 aliphatic heterocycles. The van der Waals surface area contributed by atoms with Gasteiger partial charge in [-0.1, -0.05) is 6.92 Å². The lowest BCUT2D eigenvalue weighted by Crippen LogP contribution is -2.42. The molecule has 2 rings (SSSR count). The van der Waals surface area contributed by atoms with Crippen LogP contribution in [0.2, 0.25) is 0 Å². The number of amides is 1. The summed E-state index contributed by atoms with van der Waals surface area (Å²) in [6.07, 6.45) is 1.96. The maximum absolute atomic E-state index is 12.5. The zero-order valence-corrected chi connectivity index (χ0v) is 11.3. The van der Waals surface area contributed by atoms with Gasteiger partial charge in [-0.3, -0.25) is 4.79 Å². The van der Waals surface area contributed by atoms with Gasteiger partial charge in [-0.25, -0.2) is 4.98 Å². The van der Waals surface area contributed by atoms with Gasteiger partial charge in [0.05, 0.1) is 5.69 Å². The Morgan fingerprint density at radius 2 is 2.33 bits per heavy atom. The van der Waals surface area contributed by atoms with Crippen molar-refractivity contribution in [3.63, 3.8) is 0 Å². The number of hydrogen-bond acceptors (Lipinski definition) is 4. The van der Waals surface area contributed by atoms with Gasteiger partial charge >= 0.3 is 0 Å². The van der Waals surface area contributed by atoms with Gasteiger partial charge in [-0.15, -0.1) is 0 Å². The van der Waals surface area contributed by atoms with Crippen molar-refractivity contribution in [2.45, 2.75) is 39.7 Å². The van der Waals surface area contributed by atoms with Crippen molar-refractivity contribution >= 4 is 5.91 Å². The van der Waals surface area contributed by atoms with Crippen LogP contribution in [0, 0.1) is 13.8 Å². The van der Waals surface area contributed by atoms with E-state index in [2.05, 4.69) is 17.2 Å². The Labute approximate surface area is 108 Å². The average Bonchev–Trinajstić information content (AvgIpc) is 2.95. The Morgan fingerprint density at radius 1 is 1.56 bits per heavy atom. The molecule has 0 unspecified atom stereocenters. The summed E-state index contributed by atoms with van der Waals surface area (Å²) >= 11 is 0. The summed E-state index contributed by atoms with van der Waals surface area (Å²) in [5.41, 5.74) is 0.685. The minimum absolute atomic E-state index is 0.0244. The molecule has 2 heterocycles. The first-order chi connectivity index (χ1) is 8.63. The fraction of sp³-hybridized carbons (Fsp3) is 0.692. The number of aromatic nitrogens is 1. The van der Waals surface area contributed by atoms with Crippen molar-refractivity contribution in [1.82, 2.24) is 15.2 Å². The fourth-order valence-corrected chi connectivity index (χ4v) is 2.46. The van der Waals surface area contributed by atoms with Gasteiger partial charge in [0.15, 0.2) is 5.89 Å². The maximum atomic E-state index is 12.5. The molecular formula is C13H21N3O2. The third kappa shape index (κ3) is 2.56. The van der Waals surface area contributed by atoms with Crippen molar-refractivity contribution in [2.24, 2.45) is 0 Å². The van der Waals surface area contributed by atoms with Crippen LogP contribution >= 0.6 is 0 Å². The summed E-state index contributed by atoms with van der Waals surface area (Å²) in [6, 6.07) is 0.280. The summed E-state index contributed by atoms with van der Waals surface area (Å²) in [5, 5.41) is 3.30. The maximum Gasteiger partial charge on any atom is 0.291 e. The second-order valence-electron chi connectivity index (χ2n) is 4.79. The van der Waals surface area contributed by atoms with Crippen LogP contribution in [-0.2, 0) is 0 Å². The molecule has 1 fully saturated rings. The van der Waals surface area contributed by atoms with Crippen LogP contribution in [0.1, 0.15) is 41.9 Å². The lowest BCUT2D eigenvalue weighted by Gasteiger charge is -2.27. The predicted octanol–water partition coefficient (Wildman–Crippen LogP) is 1.51. The number of rotatable bonds is 4. The summed E-state index contributed by atoms with van der Waals surface area (Å²) < 4.78 is 5.44. The number of carbonyl (C=O) groups excluding carboxylic acids is 1. The van der Waals surface area contributed by atoms with E-state index in [1.54, 1.807) is 6.92 Å². The molecule has 0 saturated carbocycles. The van der Waals surface area contributed by atoms with Crippen LogP contribution in [-0.4, -0.2) is 41.5 Å². The zero-order chi connectivity index (χ0) is 13.1. The highest BCUT2D eigenvalue weighted by Gasteiger charge is 2.29. The Morgan fingerprint density at radius 3 is 2.83 bits per heavy atom. The normalized spacial score (nSPS) is 19.2. The molecule has 1 amide bonds. The Kier molecular flexibility index (Phi) is 4.01. The Bertz CT molecular complexity index is 422. The molecule has 5 heteroatoms. The van der Waals surface area contributed by atoms with Gasteiger partial charge in [0, 0.05) is 26.1 Å². The van der Waals surface area contributed by atoms with Crippen molar-refractivity contribution in [2.75, 3.05) is 19.6 Å². The largest absolute Gasteiger partial charge is 0.436 e. The third-order valence-electron chi connectivity index (χ3n) is 3.30. The lowest BCUT2D eigenvalue weighted by atomic mass is 10.2. The highest BCUT2D eigenvalue weighted by molar-refractivity contribution is 5.92. The van der Waals surface area contributed by atoms with Crippen LogP contribution in [0.15, 0.2) is 4.42 Å². The number of hydrogen-bond donors (Lipinski definition) is 1. The molecule has 0 aliphatic carbocycles. The molecule has 1 aliphatic rings. The molecule has 0 bridgehead atoms. The molecule has 0 radical (unpaired) electrons. The molecular weight excluding hydrogens is 230 g/mol. The third-order valence-corrected chi connectivity index (χ3v) is 3.30. The van der Waals surface area contributed by atoms with Gasteiger partial charge in [0.2, 0.25) is 5.76 Å². The highest BCUT2D eigenvalue weighted by Crippen LogP contribution is 2.17. The molecule has 1 atom stereocenters. The minimum Gasteiger partial charge on any atom is -0.436 e. The van der Waals surface area contributed by atoms with Crippen LogP contribution in [0.3, 0.4) is 0 Å². The number of carbonyl (C=O) groups is 1. The molecule has 100 valence electrons. The zero-order valence-electron chi connectivity index (χ0n) is 11.3. The monoisotopic (exact) mass is 251 g/mol. The van der Waals surface area contributed by atoms with Gasteiger partial charge in [-0.05, 0) is 26.3 Å². The molecule has 5 nitrogen and oxygen atoms in total. The average molecular weight is 251 g/mol. The van der Waals surface area contributed by atoms with E-state index in [0.717, 1.165) is 32.5 Å². The van der Waals surface area contributed by atoms with Crippen molar-refractivity contribution in [1.29, 1.82) is 0 Å². The summed E-state index contributed by atoms with van der Waals surface area (Å²) in [7, 11) is 0. The van der Waals surface area contributed by atoms with Crippen LogP contribution in [0.25, 0.3) is 0 Å². The minimum atomic E-state index is -0.0244. The van der Waals surface area contributed by atoms with E-state index < -0.39 is 0 Å². The highest BCUT2D eigenvalue weighted by atomic mass is 16.4. The second-order valence-corrected chi connectivity index (χ2v) is 4.79. The number of nitrogens with one attached hydrogen (secondary N) is 1. The quantitative estimate of drug-likeness (QED) is 0.881. The topological polar surface area (TPSA) is 58.4 Å². The van der Waals surface area contributed by atoms with E-state index >= 15 is 0 Å². The van der Waals surface area contributed by atoms with Crippen molar-refractivity contribution < 1.29 is 9.21 Å². The van der Waals surface area contributed by atoms with E-state index in [4.69, 9.17) is 4.42 Å². The molecule has 0 spiro atoms. The van der Waals surface area contributed by atoms with E-state index in [1.165, 1.54) is 0 Å². The molecule has 1 aromatic heterocycles. The van der Waals surface area contributed by atoms with E-state index in [-0.39, 0.29) is 11.9 Å².